The zero-order chi connectivity index (χ0) is 13.9. The van der Waals surface area contributed by atoms with Gasteiger partial charge in [0.25, 0.3) is 0 Å². The van der Waals surface area contributed by atoms with Gasteiger partial charge in [-0.15, -0.1) is 0 Å². The molecule has 1 aromatic rings. The van der Waals surface area contributed by atoms with Gasteiger partial charge in [0.15, 0.2) is 6.10 Å². The molecule has 0 spiro atoms. The summed E-state index contributed by atoms with van der Waals surface area (Å²) in [6, 6.07) is 5.43. The molecular formula is C14H21NO3. The number of rotatable bonds is 3. The molecular weight excluding hydrogens is 230 g/mol. The van der Waals surface area contributed by atoms with E-state index in [1.807, 2.05) is 33.8 Å². The number of carbonyl (C=O) groups is 1. The van der Waals surface area contributed by atoms with Gasteiger partial charge in [-0.25, -0.2) is 4.79 Å². The van der Waals surface area contributed by atoms with Crippen LogP contribution in [0.15, 0.2) is 18.2 Å². The van der Waals surface area contributed by atoms with Crippen molar-refractivity contribution in [1.29, 1.82) is 0 Å². The molecule has 0 radical (unpaired) electrons. The van der Waals surface area contributed by atoms with E-state index in [1.54, 1.807) is 12.1 Å². The number of hydrogen-bond acceptors (Lipinski definition) is 4. The number of hydrogen-bond donors (Lipinski definition) is 1. The Balaban J connectivity index is 3.18. The maximum Gasteiger partial charge on any atom is 0.339 e. The van der Waals surface area contributed by atoms with Gasteiger partial charge in [0.05, 0.1) is 12.7 Å². The van der Waals surface area contributed by atoms with E-state index in [2.05, 4.69) is 0 Å². The highest BCUT2D eigenvalue weighted by Crippen LogP contribution is 2.29. The third kappa shape index (κ3) is 3.47. The Morgan fingerprint density at radius 2 is 1.94 bits per heavy atom. The van der Waals surface area contributed by atoms with Crippen molar-refractivity contribution >= 4 is 11.7 Å². The van der Waals surface area contributed by atoms with Crippen LogP contribution in [0.3, 0.4) is 0 Å². The second-order valence-electron chi connectivity index (χ2n) is 5.19. The van der Waals surface area contributed by atoms with E-state index in [9.17, 15) is 4.79 Å². The maximum atomic E-state index is 11.9. The van der Waals surface area contributed by atoms with Crippen LogP contribution < -0.4 is 5.73 Å². The minimum Gasteiger partial charge on any atom is -0.467 e. The molecule has 4 heteroatoms. The molecule has 1 atom stereocenters. The van der Waals surface area contributed by atoms with E-state index >= 15 is 0 Å². The Morgan fingerprint density at radius 3 is 2.44 bits per heavy atom. The summed E-state index contributed by atoms with van der Waals surface area (Å²) in [4.78, 5) is 11.9. The van der Waals surface area contributed by atoms with Gasteiger partial charge in [-0.2, -0.15) is 0 Å². The molecule has 0 saturated heterocycles. The summed E-state index contributed by atoms with van der Waals surface area (Å²) in [5.74, 6) is -0.418. The summed E-state index contributed by atoms with van der Waals surface area (Å²) in [5, 5.41) is 0. The third-order valence-electron chi connectivity index (χ3n) is 2.59. The van der Waals surface area contributed by atoms with Crippen LogP contribution in [0.4, 0.5) is 5.69 Å². The second-order valence-corrected chi connectivity index (χ2v) is 5.19. The molecule has 0 fully saturated rings. The van der Waals surface area contributed by atoms with Gasteiger partial charge in [-0.05, 0) is 44.9 Å². The number of nitrogens with two attached hydrogens (primary N) is 1. The van der Waals surface area contributed by atoms with Gasteiger partial charge in [-0.3, -0.25) is 0 Å². The molecule has 1 aromatic carbocycles. The summed E-state index contributed by atoms with van der Waals surface area (Å²) < 4.78 is 10.6. The van der Waals surface area contributed by atoms with E-state index in [1.165, 1.54) is 7.11 Å². The van der Waals surface area contributed by atoms with Crippen LogP contribution in [0.1, 0.15) is 38.0 Å². The molecule has 0 aliphatic rings. The van der Waals surface area contributed by atoms with Crippen molar-refractivity contribution in [2.24, 2.45) is 0 Å². The summed E-state index contributed by atoms with van der Waals surface area (Å²) in [5.41, 5.74) is 7.64. The van der Waals surface area contributed by atoms with Gasteiger partial charge >= 0.3 is 5.97 Å². The molecule has 0 saturated carbocycles. The van der Waals surface area contributed by atoms with Crippen LogP contribution in [0, 0.1) is 6.92 Å². The summed E-state index contributed by atoms with van der Waals surface area (Å²) in [7, 11) is 1.35. The van der Waals surface area contributed by atoms with E-state index < -0.39 is 17.7 Å². The van der Waals surface area contributed by atoms with Crippen LogP contribution in [0.2, 0.25) is 0 Å². The molecule has 0 aliphatic carbocycles. The largest absolute Gasteiger partial charge is 0.467 e. The number of nitrogen functional groups attached to an aromatic ring is 1. The summed E-state index contributed by atoms with van der Waals surface area (Å²) in [6.07, 6.45) is -0.751. The Morgan fingerprint density at radius 1 is 1.33 bits per heavy atom. The molecule has 0 heterocycles. The van der Waals surface area contributed by atoms with Crippen LogP contribution >= 0.6 is 0 Å². The van der Waals surface area contributed by atoms with Crippen LogP contribution in [-0.4, -0.2) is 18.7 Å². The van der Waals surface area contributed by atoms with Crippen molar-refractivity contribution in [3.05, 3.63) is 29.3 Å². The molecule has 18 heavy (non-hydrogen) atoms. The molecule has 100 valence electrons. The smallest absolute Gasteiger partial charge is 0.339 e. The van der Waals surface area contributed by atoms with E-state index in [0.717, 1.165) is 11.1 Å². The highest BCUT2D eigenvalue weighted by molar-refractivity contribution is 5.77. The normalized spacial score (nSPS) is 13.2. The first kappa shape index (κ1) is 14.5. The van der Waals surface area contributed by atoms with E-state index in [-0.39, 0.29) is 0 Å². The van der Waals surface area contributed by atoms with Gasteiger partial charge in [0, 0.05) is 5.69 Å². The fraction of sp³-hybridized carbons (Fsp3) is 0.500. The lowest BCUT2D eigenvalue weighted by atomic mass is 10.0. The van der Waals surface area contributed by atoms with E-state index in [0.29, 0.717) is 5.69 Å². The van der Waals surface area contributed by atoms with E-state index in [4.69, 9.17) is 15.2 Å². The van der Waals surface area contributed by atoms with Crippen molar-refractivity contribution in [1.82, 2.24) is 0 Å². The Kier molecular flexibility index (Phi) is 4.35. The average molecular weight is 251 g/mol. The highest BCUT2D eigenvalue weighted by Gasteiger charge is 2.29. The van der Waals surface area contributed by atoms with Crippen LogP contribution in [-0.2, 0) is 14.3 Å². The number of benzene rings is 1. The molecule has 0 aliphatic heterocycles. The summed E-state index contributed by atoms with van der Waals surface area (Å²) >= 11 is 0. The highest BCUT2D eigenvalue weighted by atomic mass is 16.6. The van der Waals surface area contributed by atoms with Crippen molar-refractivity contribution in [2.45, 2.75) is 39.4 Å². The van der Waals surface area contributed by atoms with Crippen LogP contribution in [0.5, 0.6) is 0 Å². The predicted molar refractivity (Wildman–Crippen MR) is 71.2 cm³/mol. The standard InChI is InChI=1S/C14H21NO3/c1-9-10(7-6-8-11(9)15)12(13(16)17-5)18-14(2,3)4/h6-8,12H,15H2,1-5H3. The lowest BCUT2D eigenvalue weighted by molar-refractivity contribution is -0.164. The van der Waals surface area contributed by atoms with Crippen molar-refractivity contribution in [2.75, 3.05) is 12.8 Å². The third-order valence-corrected chi connectivity index (χ3v) is 2.59. The monoisotopic (exact) mass is 251 g/mol. The van der Waals surface area contributed by atoms with Gasteiger partial charge < -0.3 is 15.2 Å². The Hall–Kier alpha value is -1.55. The number of anilines is 1. The minimum atomic E-state index is -0.751. The zero-order valence-electron chi connectivity index (χ0n) is 11.6. The molecule has 0 aromatic heterocycles. The molecule has 2 N–H and O–H groups in total. The maximum absolute atomic E-state index is 11.9. The number of esters is 1. The van der Waals surface area contributed by atoms with Crippen molar-refractivity contribution < 1.29 is 14.3 Å². The second kappa shape index (κ2) is 5.40. The number of ether oxygens (including phenoxy) is 2. The number of methoxy groups -OCH3 is 1. The lowest BCUT2D eigenvalue weighted by Crippen LogP contribution is -2.28. The quantitative estimate of drug-likeness (QED) is 0.662. The lowest BCUT2D eigenvalue weighted by Gasteiger charge is -2.27. The summed E-state index contributed by atoms with van der Waals surface area (Å²) in [6.45, 7) is 7.55. The van der Waals surface area contributed by atoms with Gasteiger partial charge in [-0.1, -0.05) is 12.1 Å². The molecule has 0 bridgehead atoms. The molecule has 1 rings (SSSR count). The minimum absolute atomic E-state index is 0.418. The number of carbonyl (C=O) groups excluding carboxylic acids is 1. The first-order valence-corrected chi connectivity index (χ1v) is 5.87. The Bertz CT molecular complexity index is 435. The Labute approximate surface area is 108 Å². The molecule has 4 nitrogen and oxygen atoms in total. The van der Waals surface area contributed by atoms with Crippen molar-refractivity contribution in [3.8, 4) is 0 Å². The average Bonchev–Trinajstić information content (AvgIpc) is 2.28. The first-order valence-electron chi connectivity index (χ1n) is 5.87. The molecule has 1 unspecified atom stereocenters. The fourth-order valence-electron chi connectivity index (χ4n) is 1.66. The van der Waals surface area contributed by atoms with Crippen LogP contribution in [0.25, 0.3) is 0 Å². The van der Waals surface area contributed by atoms with Gasteiger partial charge in [0.2, 0.25) is 0 Å². The van der Waals surface area contributed by atoms with Gasteiger partial charge in [0.1, 0.15) is 0 Å². The topological polar surface area (TPSA) is 61.5 Å². The fourth-order valence-corrected chi connectivity index (χ4v) is 1.66. The first-order chi connectivity index (χ1) is 8.26. The SMILES string of the molecule is COC(=O)C(OC(C)(C)C)c1cccc(N)c1C. The predicted octanol–water partition coefficient (Wildman–Crippen LogP) is 2.61. The van der Waals surface area contributed by atoms with Crippen molar-refractivity contribution in [3.63, 3.8) is 0 Å². The zero-order valence-corrected chi connectivity index (χ0v) is 11.6. The molecule has 0 amide bonds.